The molecule has 0 aromatic heterocycles. The van der Waals surface area contributed by atoms with Crippen LogP contribution in [-0.4, -0.2) is 98.1 Å². The minimum Gasteiger partial charge on any atom is -0.379 e. The molecule has 7 heteroatoms. The maximum absolute atomic E-state index is 12.2. The van der Waals surface area contributed by atoms with Crippen LogP contribution < -0.4 is 5.32 Å². The molecule has 1 rings (SSSR count). The monoisotopic (exact) mass is 342 g/mol. The number of ether oxygens (including phenoxy) is 1. The molecule has 1 saturated heterocycles. The molecule has 1 aliphatic heterocycles. The Bertz CT molecular complexity index is 405. The third kappa shape index (κ3) is 6.75. The normalized spacial score (nSPS) is 16.2. The first kappa shape index (κ1) is 20.9. The number of hydrogen-bond donors (Lipinski definition) is 1. The van der Waals surface area contributed by atoms with Crippen LogP contribution in [0.5, 0.6) is 0 Å². The second kappa shape index (κ2) is 9.96. The van der Waals surface area contributed by atoms with E-state index in [1.54, 1.807) is 16.8 Å². The number of amides is 2. The molecule has 0 atom stereocenters. The Balaban J connectivity index is 2.35. The van der Waals surface area contributed by atoms with Crippen LogP contribution in [0.1, 0.15) is 27.7 Å². The van der Waals surface area contributed by atoms with Crippen LogP contribution in [0.25, 0.3) is 0 Å². The van der Waals surface area contributed by atoms with Crippen molar-refractivity contribution in [2.24, 2.45) is 0 Å². The molecule has 2 amide bonds. The Morgan fingerprint density at radius 1 is 1.12 bits per heavy atom. The fraction of sp³-hybridized carbons (Fsp3) is 0.882. The number of carbonyl (C=O) groups excluding carboxylic acids is 2. The maximum Gasteiger partial charge on any atom is 0.236 e. The van der Waals surface area contributed by atoms with Crippen molar-refractivity contribution >= 4 is 11.8 Å². The van der Waals surface area contributed by atoms with Crippen molar-refractivity contribution in [1.82, 2.24) is 20.0 Å². The smallest absolute Gasteiger partial charge is 0.236 e. The number of nitrogens with one attached hydrogen (secondary N) is 1. The average molecular weight is 342 g/mol. The molecule has 0 radical (unpaired) electrons. The Hall–Kier alpha value is -1.18. The van der Waals surface area contributed by atoms with Crippen molar-refractivity contribution in [1.29, 1.82) is 0 Å². The van der Waals surface area contributed by atoms with Gasteiger partial charge in [-0.2, -0.15) is 0 Å². The lowest BCUT2D eigenvalue weighted by Gasteiger charge is -2.40. The summed E-state index contributed by atoms with van der Waals surface area (Å²) >= 11 is 0. The number of rotatable bonds is 9. The second-order valence-electron chi connectivity index (χ2n) is 6.93. The van der Waals surface area contributed by atoms with Crippen LogP contribution in [0.15, 0.2) is 0 Å². The van der Waals surface area contributed by atoms with Crippen molar-refractivity contribution in [2.45, 2.75) is 33.2 Å². The van der Waals surface area contributed by atoms with E-state index >= 15 is 0 Å². The molecule has 0 aliphatic carbocycles. The lowest BCUT2D eigenvalue weighted by atomic mass is 10.0. The molecule has 0 saturated carbocycles. The van der Waals surface area contributed by atoms with Gasteiger partial charge in [0, 0.05) is 38.3 Å². The average Bonchev–Trinajstić information content (AvgIpc) is 2.55. The standard InChI is InChI=1S/C17H34N4O3/c1-6-20(7-2)16(23)13-19(5)12-15(22)18-14-17(3,4)21-8-10-24-11-9-21/h6-14H2,1-5H3,(H,18,22). The van der Waals surface area contributed by atoms with Gasteiger partial charge in [0.15, 0.2) is 0 Å². The highest BCUT2D eigenvalue weighted by molar-refractivity contribution is 5.81. The summed E-state index contributed by atoms with van der Waals surface area (Å²) in [5.74, 6) is 0.00938. The zero-order chi connectivity index (χ0) is 18.2. The highest BCUT2D eigenvalue weighted by Crippen LogP contribution is 2.14. The molecule has 0 bridgehead atoms. The van der Waals surface area contributed by atoms with Gasteiger partial charge in [0.05, 0.1) is 26.3 Å². The highest BCUT2D eigenvalue weighted by atomic mass is 16.5. The molecule has 1 aliphatic rings. The third-order valence-corrected chi connectivity index (χ3v) is 4.52. The van der Waals surface area contributed by atoms with Gasteiger partial charge in [-0.05, 0) is 34.7 Å². The summed E-state index contributed by atoms with van der Waals surface area (Å²) in [5.41, 5.74) is -0.102. The predicted octanol–water partition coefficient (Wildman–Crippen LogP) is 0.0136. The van der Waals surface area contributed by atoms with Crippen molar-refractivity contribution in [3.8, 4) is 0 Å². The van der Waals surface area contributed by atoms with Crippen molar-refractivity contribution in [3.05, 3.63) is 0 Å². The van der Waals surface area contributed by atoms with E-state index < -0.39 is 0 Å². The number of likely N-dealkylation sites (N-methyl/N-ethyl adjacent to an activating group) is 2. The zero-order valence-corrected chi connectivity index (χ0v) is 15.9. The SMILES string of the molecule is CCN(CC)C(=O)CN(C)CC(=O)NCC(C)(C)N1CCOCC1. The topological polar surface area (TPSA) is 65.1 Å². The summed E-state index contributed by atoms with van der Waals surface area (Å²) < 4.78 is 5.38. The fourth-order valence-corrected chi connectivity index (χ4v) is 2.86. The Labute approximate surface area is 146 Å². The van der Waals surface area contributed by atoms with Crippen LogP contribution in [-0.2, 0) is 14.3 Å². The number of carbonyl (C=O) groups is 2. The van der Waals surface area contributed by atoms with Crippen LogP contribution in [0, 0.1) is 0 Å². The molecule has 24 heavy (non-hydrogen) atoms. The van der Waals surface area contributed by atoms with E-state index in [1.807, 2.05) is 13.8 Å². The Kier molecular flexibility index (Phi) is 8.66. The number of nitrogens with zero attached hydrogens (tertiary/aromatic N) is 3. The summed E-state index contributed by atoms with van der Waals surface area (Å²) in [5, 5.41) is 2.99. The first-order valence-corrected chi connectivity index (χ1v) is 8.86. The number of hydrogen-bond acceptors (Lipinski definition) is 5. The van der Waals surface area contributed by atoms with Gasteiger partial charge in [0.2, 0.25) is 11.8 Å². The maximum atomic E-state index is 12.2. The van der Waals surface area contributed by atoms with Gasteiger partial charge in [-0.25, -0.2) is 0 Å². The summed E-state index contributed by atoms with van der Waals surface area (Å²) in [6.07, 6.45) is 0. The van der Waals surface area contributed by atoms with E-state index in [0.717, 1.165) is 26.3 Å². The number of morpholine rings is 1. The van der Waals surface area contributed by atoms with Crippen LogP contribution in [0.4, 0.5) is 0 Å². The van der Waals surface area contributed by atoms with E-state index in [0.29, 0.717) is 19.6 Å². The summed E-state index contributed by atoms with van der Waals surface area (Å²) in [4.78, 5) is 30.1. The quantitative estimate of drug-likeness (QED) is 0.640. The van der Waals surface area contributed by atoms with Crippen LogP contribution >= 0.6 is 0 Å². The Morgan fingerprint density at radius 3 is 2.25 bits per heavy atom. The molecule has 7 nitrogen and oxygen atoms in total. The highest BCUT2D eigenvalue weighted by Gasteiger charge is 2.28. The van der Waals surface area contributed by atoms with E-state index in [9.17, 15) is 9.59 Å². The molecular formula is C17H34N4O3. The van der Waals surface area contributed by atoms with Gasteiger partial charge in [0.1, 0.15) is 0 Å². The van der Waals surface area contributed by atoms with Crippen molar-refractivity contribution < 1.29 is 14.3 Å². The van der Waals surface area contributed by atoms with Gasteiger partial charge in [-0.3, -0.25) is 19.4 Å². The van der Waals surface area contributed by atoms with E-state index in [1.165, 1.54) is 0 Å². The first-order valence-electron chi connectivity index (χ1n) is 8.86. The third-order valence-electron chi connectivity index (χ3n) is 4.52. The predicted molar refractivity (Wildman–Crippen MR) is 94.9 cm³/mol. The molecule has 0 unspecified atom stereocenters. The molecule has 0 aromatic carbocycles. The minimum absolute atomic E-state index is 0.0498. The second-order valence-corrected chi connectivity index (χ2v) is 6.93. The summed E-state index contributed by atoms with van der Waals surface area (Å²) in [7, 11) is 1.80. The van der Waals surface area contributed by atoms with E-state index in [2.05, 4.69) is 24.1 Å². The van der Waals surface area contributed by atoms with Crippen molar-refractivity contribution in [2.75, 3.05) is 66.1 Å². The molecule has 1 fully saturated rings. The van der Waals surface area contributed by atoms with Gasteiger partial charge in [0.25, 0.3) is 0 Å². The fourth-order valence-electron chi connectivity index (χ4n) is 2.86. The first-order chi connectivity index (χ1) is 11.3. The summed E-state index contributed by atoms with van der Waals surface area (Å²) in [6.45, 7) is 13.9. The Morgan fingerprint density at radius 2 is 1.71 bits per heavy atom. The van der Waals surface area contributed by atoms with Gasteiger partial charge in [-0.15, -0.1) is 0 Å². The largest absolute Gasteiger partial charge is 0.379 e. The molecule has 1 heterocycles. The lowest BCUT2D eigenvalue weighted by molar-refractivity contribution is -0.132. The molecule has 1 N–H and O–H groups in total. The lowest BCUT2D eigenvalue weighted by Crippen LogP contribution is -2.56. The molecular weight excluding hydrogens is 308 g/mol. The zero-order valence-electron chi connectivity index (χ0n) is 15.9. The van der Waals surface area contributed by atoms with Crippen LogP contribution in [0.3, 0.4) is 0 Å². The molecule has 0 spiro atoms. The van der Waals surface area contributed by atoms with E-state index in [4.69, 9.17) is 4.74 Å². The summed E-state index contributed by atoms with van der Waals surface area (Å²) in [6, 6.07) is 0. The van der Waals surface area contributed by atoms with E-state index in [-0.39, 0.29) is 30.4 Å². The van der Waals surface area contributed by atoms with Gasteiger partial charge >= 0.3 is 0 Å². The molecule has 140 valence electrons. The molecule has 0 aromatic rings. The van der Waals surface area contributed by atoms with Gasteiger partial charge < -0.3 is 15.0 Å². The minimum atomic E-state index is -0.102. The van der Waals surface area contributed by atoms with Crippen molar-refractivity contribution in [3.63, 3.8) is 0 Å². The van der Waals surface area contributed by atoms with Crippen LogP contribution in [0.2, 0.25) is 0 Å². The van der Waals surface area contributed by atoms with Gasteiger partial charge in [-0.1, -0.05) is 0 Å².